The van der Waals surface area contributed by atoms with Crippen LogP contribution in [0.5, 0.6) is 0 Å². The summed E-state index contributed by atoms with van der Waals surface area (Å²) in [5, 5.41) is 0. The maximum Gasteiger partial charge on any atom is 0.0302 e. The minimum absolute atomic E-state index is 0.685. The Morgan fingerprint density at radius 2 is 2.40 bits per heavy atom. The van der Waals surface area contributed by atoms with E-state index in [0.717, 1.165) is 0 Å². The molecule has 10 heavy (non-hydrogen) atoms. The molecular weight excluding hydrogens is 122 g/mol. The van der Waals surface area contributed by atoms with Gasteiger partial charge in [-0.1, -0.05) is 19.1 Å². The van der Waals surface area contributed by atoms with Gasteiger partial charge in [0.25, 0.3) is 0 Å². The van der Waals surface area contributed by atoms with Crippen molar-refractivity contribution in [2.75, 3.05) is 13.1 Å². The van der Waals surface area contributed by atoms with Crippen molar-refractivity contribution in [1.29, 1.82) is 0 Å². The smallest absolute Gasteiger partial charge is 0.0302 e. The van der Waals surface area contributed by atoms with E-state index < -0.39 is 0 Å². The summed E-state index contributed by atoms with van der Waals surface area (Å²) in [6.07, 6.45) is 2.68. The average molecular weight is 139 g/mol. The van der Waals surface area contributed by atoms with Crippen molar-refractivity contribution in [3.63, 3.8) is 0 Å². The molecule has 0 amide bonds. The fourth-order valence-electron chi connectivity index (χ4n) is 1.76. The van der Waals surface area contributed by atoms with Crippen molar-refractivity contribution in [2.24, 2.45) is 0 Å². The Bertz CT molecular complexity index is 129. The molecule has 1 fully saturated rings. The van der Waals surface area contributed by atoms with Gasteiger partial charge in [0.2, 0.25) is 0 Å². The molecule has 1 saturated heterocycles. The van der Waals surface area contributed by atoms with Gasteiger partial charge < -0.3 is 0 Å². The molecular formula is C9H17N. The van der Waals surface area contributed by atoms with Crippen molar-refractivity contribution in [2.45, 2.75) is 32.7 Å². The molecule has 0 bridgehead atoms. The van der Waals surface area contributed by atoms with Crippen molar-refractivity contribution in [3.8, 4) is 0 Å². The molecule has 1 atom stereocenters. The fourth-order valence-corrected chi connectivity index (χ4v) is 1.76. The Balaban J connectivity index is 2.50. The van der Waals surface area contributed by atoms with Crippen LogP contribution in [0, 0.1) is 0 Å². The molecule has 1 rings (SSSR count). The molecule has 58 valence electrons. The lowest BCUT2D eigenvalue weighted by Gasteiger charge is -2.22. The summed E-state index contributed by atoms with van der Waals surface area (Å²) in [6, 6.07) is 0.685. The lowest BCUT2D eigenvalue weighted by Crippen LogP contribution is -2.29. The normalized spacial score (nSPS) is 27.2. The summed E-state index contributed by atoms with van der Waals surface area (Å²) in [5.41, 5.74) is 1.33. The van der Waals surface area contributed by atoms with E-state index in [1.807, 2.05) is 0 Å². The van der Waals surface area contributed by atoms with Gasteiger partial charge in [-0.15, -0.1) is 0 Å². The van der Waals surface area contributed by atoms with Gasteiger partial charge in [0.05, 0.1) is 0 Å². The van der Waals surface area contributed by atoms with E-state index in [0.29, 0.717) is 6.04 Å². The maximum absolute atomic E-state index is 3.99. The van der Waals surface area contributed by atoms with Gasteiger partial charge in [0.15, 0.2) is 0 Å². The first kappa shape index (κ1) is 7.80. The predicted octanol–water partition coefficient (Wildman–Crippen LogP) is 2.05. The number of rotatable bonds is 2. The zero-order chi connectivity index (χ0) is 7.56. The highest BCUT2D eigenvalue weighted by Crippen LogP contribution is 2.21. The summed E-state index contributed by atoms with van der Waals surface area (Å²) >= 11 is 0. The Morgan fingerprint density at radius 3 is 2.80 bits per heavy atom. The summed E-state index contributed by atoms with van der Waals surface area (Å²) < 4.78 is 0. The highest BCUT2D eigenvalue weighted by molar-refractivity contribution is 5.04. The van der Waals surface area contributed by atoms with Crippen LogP contribution in [0.2, 0.25) is 0 Å². The van der Waals surface area contributed by atoms with Gasteiger partial charge in [-0.05, 0) is 32.9 Å². The fraction of sp³-hybridized carbons (Fsp3) is 0.778. The molecule has 1 unspecified atom stereocenters. The first-order valence-corrected chi connectivity index (χ1v) is 4.15. The third-order valence-corrected chi connectivity index (χ3v) is 2.34. The Labute approximate surface area is 63.7 Å². The van der Waals surface area contributed by atoms with Crippen LogP contribution in [-0.4, -0.2) is 24.0 Å². The third-order valence-electron chi connectivity index (χ3n) is 2.34. The molecule has 1 aliphatic rings. The van der Waals surface area contributed by atoms with Crippen molar-refractivity contribution in [3.05, 3.63) is 12.2 Å². The summed E-state index contributed by atoms with van der Waals surface area (Å²) in [4.78, 5) is 2.50. The third kappa shape index (κ3) is 1.40. The average Bonchev–Trinajstić information content (AvgIpc) is 2.33. The number of hydrogen-bond acceptors (Lipinski definition) is 1. The van der Waals surface area contributed by atoms with Gasteiger partial charge in [0.1, 0.15) is 0 Å². The number of likely N-dealkylation sites (N-methyl/N-ethyl adjacent to an activating group) is 1. The molecule has 0 aromatic carbocycles. The Kier molecular flexibility index (Phi) is 2.50. The topological polar surface area (TPSA) is 3.24 Å². The SMILES string of the molecule is C=C(C)C1CCCN1CC. The Morgan fingerprint density at radius 1 is 1.70 bits per heavy atom. The largest absolute Gasteiger partial charge is 0.297 e. The quantitative estimate of drug-likeness (QED) is 0.529. The molecule has 0 aliphatic carbocycles. The van der Waals surface area contributed by atoms with Gasteiger partial charge >= 0.3 is 0 Å². The zero-order valence-corrected chi connectivity index (χ0v) is 7.06. The van der Waals surface area contributed by atoms with E-state index in [1.165, 1.54) is 31.5 Å². The van der Waals surface area contributed by atoms with Gasteiger partial charge in [0, 0.05) is 6.04 Å². The number of likely N-dealkylation sites (tertiary alicyclic amines) is 1. The van der Waals surface area contributed by atoms with Crippen LogP contribution in [0.1, 0.15) is 26.7 Å². The summed E-state index contributed by atoms with van der Waals surface area (Å²) in [5.74, 6) is 0. The molecule has 1 heterocycles. The van der Waals surface area contributed by atoms with Crippen LogP contribution in [0.15, 0.2) is 12.2 Å². The second kappa shape index (κ2) is 3.20. The molecule has 0 aromatic rings. The lowest BCUT2D eigenvalue weighted by atomic mass is 10.1. The van der Waals surface area contributed by atoms with Gasteiger partial charge in [-0.25, -0.2) is 0 Å². The minimum atomic E-state index is 0.685. The summed E-state index contributed by atoms with van der Waals surface area (Å²) in [7, 11) is 0. The summed E-state index contributed by atoms with van der Waals surface area (Å²) in [6.45, 7) is 10.8. The monoisotopic (exact) mass is 139 g/mol. The first-order valence-electron chi connectivity index (χ1n) is 4.15. The second-order valence-corrected chi connectivity index (χ2v) is 3.13. The molecule has 0 N–H and O–H groups in total. The van der Waals surface area contributed by atoms with Crippen LogP contribution < -0.4 is 0 Å². The van der Waals surface area contributed by atoms with Gasteiger partial charge in [-0.2, -0.15) is 0 Å². The molecule has 0 saturated carbocycles. The number of nitrogens with zero attached hydrogens (tertiary/aromatic N) is 1. The van der Waals surface area contributed by atoms with E-state index in [2.05, 4.69) is 25.3 Å². The predicted molar refractivity (Wildman–Crippen MR) is 45.1 cm³/mol. The number of hydrogen-bond donors (Lipinski definition) is 0. The molecule has 0 aromatic heterocycles. The van der Waals surface area contributed by atoms with Crippen molar-refractivity contribution in [1.82, 2.24) is 4.90 Å². The molecule has 1 nitrogen and oxygen atoms in total. The minimum Gasteiger partial charge on any atom is -0.297 e. The van der Waals surface area contributed by atoms with Crippen molar-refractivity contribution >= 4 is 0 Å². The zero-order valence-electron chi connectivity index (χ0n) is 7.06. The Hall–Kier alpha value is -0.300. The first-order chi connectivity index (χ1) is 4.75. The van der Waals surface area contributed by atoms with E-state index in [-0.39, 0.29) is 0 Å². The van der Waals surface area contributed by atoms with E-state index >= 15 is 0 Å². The molecule has 0 spiro atoms. The molecule has 0 radical (unpaired) electrons. The van der Waals surface area contributed by atoms with Crippen LogP contribution in [0.25, 0.3) is 0 Å². The van der Waals surface area contributed by atoms with Crippen molar-refractivity contribution < 1.29 is 0 Å². The molecule has 1 aliphatic heterocycles. The van der Waals surface area contributed by atoms with Gasteiger partial charge in [-0.3, -0.25) is 4.90 Å². The second-order valence-electron chi connectivity index (χ2n) is 3.13. The van der Waals surface area contributed by atoms with E-state index in [9.17, 15) is 0 Å². The van der Waals surface area contributed by atoms with E-state index in [4.69, 9.17) is 0 Å². The van der Waals surface area contributed by atoms with Crippen LogP contribution in [0.4, 0.5) is 0 Å². The lowest BCUT2D eigenvalue weighted by molar-refractivity contribution is 0.296. The highest BCUT2D eigenvalue weighted by atomic mass is 15.2. The highest BCUT2D eigenvalue weighted by Gasteiger charge is 2.22. The van der Waals surface area contributed by atoms with Crippen LogP contribution >= 0.6 is 0 Å². The van der Waals surface area contributed by atoms with E-state index in [1.54, 1.807) is 0 Å². The maximum atomic E-state index is 3.99. The van der Waals surface area contributed by atoms with Crippen LogP contribution in [-0.2, 0) is 0 Å². The van der Waals surface area contributed by atoms with Crippen LogP contribution in [0.3, 0.4) is 0 Å². The molecule has 1 heteroatoms. The standard InChI is InChI=1S/C9H17N/c1-4-10-7-5-6-9(10)8(2)3/h9H,2,4-7H2,1,3H3.